The van der Waals surface area contributed by atoms with Crippen molar-refractivity contribution in [3.8, 4) is 83.4 Å². The average molecular weight is 538 g/mol. The molecular weight excluding hydrogens is 517 g/mol. The third-order valence-corrected chi connectivity index (χ3v) is 3.93. The zero-order valence-corrected chi connectivity index (χ0v) is 25.9. The molecular formula is C26H21Na2O8P. The molecule has 0 aromatic rings. The molecule has 0 saturated carbocycles. The van der Waals surface area contributed by atoms with Crippen LogP contribution in [0.2, 0.25) is 0 Å². The normalized spacial score (nSPS) is 8.92. The SMILES string of the molecule is C#CC#CC#CC#CC#CC#CC#CC(=O)OC[C@@H](COP(=O)([O-])[O-])OC(=O)CCCCCCC.[Na+].[Na+]. The standard InChI is InChI=1S/C26H23O8P.2Na/c1-3-5-7-9-10-11-12-13-14-15-17-18-20-25(27)32-22-24(23-33-35(29,30)31)34-26(28)21-19-16-8-6-4-2;;/h1,24H,4,6,8,16,19,21-23H2,2H3,(H2,29,30,31);;/q;2*+1/p-2/t24-;;/m0../s1. The minimum atomic E-state index is -5.31. The van der Waals surface area contributed by atoms with Gasteiger partial charge in [-0.05, 0) is 77.5 Å². The number of phosphoric acid groups is 1. The molecule has 0 radical (unpaired) electrons. The summed E-state index contributed by atoms with van der Waals surface area (Å²) >= 11 is 0. The Kier molecular flexibility index (Phi) is 28.8. The predicted octanol–water partition coefficient (Wildman–Crippen LogP) is -5.69. The topological polar surface area (TPSA) is 125 Å². The number of unbranched alkanes of at least 4 members (excludes halogenated alkanes) is 4. The van der Waals surface area contributed by atoms with E-state index < -0.39 is 39.1 Å². The van der Waals surface area contributed by atoms with Crippen LogP contribution >= 0.6 is 7.82 Å². The minimum absolute atomic E-state index is 0. The van der Waals surface area contributed by atoms with Gasteiger partial charge in [-0.1, -0.05) is 32.6 Å². The molecule has 0 spiro atoms. The Bertz CT molecular complexity index is 1190. The zero-order valence-electron chi connectivity index (χ0n) is 21.0. The number of esters is 2. The van der Waals surface area contributed by atoms with Gasteiger partial charge in [-0.3, -0.25) is 4.79 Å². The molecule has 8 nitrogen and oxygen atoms in total. The molecule has 11 heteroatoms. The third-order valence-electron chi connectivity index (χ3n) is 3.46. The van der Waals surface area contributed by atoms with Gasteiger partial charge in [-0.2, -0.15) is 0 Å². The van der Waals surface area contributed by atoms with Crippen LogP contribution in [0.25, 0.3) is 0 Å². The number of ether oxygens (including phenoxy) is 2. The van der Waals surface area contributed by atoms with Gasteiger partial charge in [0.1, 0.15) is 6.61 Å². The molecule has 0 saturated heterocycles. The van der Waals surface area contributed by atoms with E-state index in [1.807, 2.05) is 5.92 Å². The number of carbonyl (C=O) groups is 2. The molecule has 0 unspecified atom stereocenters. The fraction of sp³-hybridized carbons (Fsp3) is 0.385. The summed E-state index contributed by atoms with van der Waals surface area (Å²) in [6, 6.07) is 0. The van der Waals surface area contributed by atoms with Crippen molar-refractivity contribution < 1.29 is 97.1 Å². The van der Waals surface area contributed by atoms with E-state index in [9.17, 15) is 23.9 Å². The first kappa shape index (κ1) is 39.5. The van der Waals surface area contributed by atoms with Crippen LogP contribution in [0.4, 0.5) is 0 Å². The van der Waals surface area contributed by atoms with Crippen molar-refractivity contribution in [1.29, 1.82) is 0 Å². The average Bonchev–Trinajstić information content (AvgIpc) is 2.80. The molecule has 0 N–H and O–H groups in total. The molecule has 0 amide bonds. The minimum Gasteiger partial charge on any atom is -0.790 e. The Morgan fingerprint density at radius 1 is 0.811 bits per heavy atom. The molecule has 0 aliphatic carbocycles. The maximum atomic E-state index is 11.9. The summed E-state index contributed by atoms with van der Waals surface area (Å²) in [6.07, 6.45) is 8.20. The van der Waals surface area contributed by atoms with Crippen LogP contribution in [0.15, 0.2) is 0 Å². The number of hydrogen-bond acceptors (Lipinski definition) is 8. The van der Waals surface area contributed by atoms with Crippen LogP contribution < -0.4 is 68.9 Å². The summed E-state index contributed by atoms with van der Waals surface area (Å²) in [4.78, 5) is 45.0. The Morgan fingerprint density at radius 3 is 1.84 bits per heavy atom. The Balaban J connectivity index is -0.00000578. The summed E-state index contributed by atoms with van der Waals surface area (Å²) in [5, 5.41) is 0. The van der Waals surface area contributed by atoms with Crippen molar-refractivity contribution in [2.45, 2.75) is 51.6 Å². The number of rotatable bonds is 12. The van der Waals surface area contributed by atoms with Gasteiger partial charge < -0.3 is 28.3 Å². The van der Waals surface area contributed by atoms with Gasteiger partial charge in [0.15, 0.2) is 6.10 Å². The van der Waals surface area contributed by atoms with E-state index in [4.69, 9.17) is 15.9 Å². The number of phosphoric ester groups is 1. The quantitative estimate of drug-likeness (QED) is 0.0602. The van der Waals surface area contributed by atoms with E-state index in [1.54, 1.807) is 0 Å². The second kappa shape index (κ2) is 27.0. The van der Waals surface area contributed by atoms with Crippen LogP contribution in [0.5, 0.6) is 0 Å². The van der Waals surface area contributed by atoms with E-state index >= 15 is 0 Å². The Hall–Kier alpha value is -2.03. The summed E-state index contributed by atoms with van der Waals surface area (Å²) in [5.74, 6) is 28.2. The van der Waals surface area contributed by atoms with Gasteiger partial charge >= 0.3 is 71.1 Å². The summed E-state index contributed by atoms with van der Waals surface area (Å²) < 4.78 is 24.7. The van der Waals surface area contributed by atoms with Gasteiger partial charge in [-0.25, -0.2) is 4.79 Å². The molecule has 0 aromatic heterocycles. The van der Waals surface area contributed by atoms with Crippen molar-refractivity contribution in [3.63, 3.8) is 0 Å². The van der Waals surface area contributed by atoms with Crippen molar-refractivity contribution in [3.05, 3.63) is 0 Å². The largest absolute Gasteiger partial charge is 1.00 e. The monoisotopic (exact) mass is 538 g/mol. The van der Waals surface area contributed by atoms with E-state index in [0.29, 0.717) is 6.42 Å². The number of hydrogen-bond donors (Lipinski definition) is 0. The third kappa shape index (κ3) is 30.1. The molecule has 0 rings (SSSR count). The second-order valence-electron chi connectivity index (χ2n) is 6.26. The zero-order chi connectivity index (χ0) is 26.2. The van der Waals surface area contributed by atoms with Crippen molar-refractivity contribution in [2.24, 2.45) is 0 Å². The van der Waals surface area contributed by atoms with Gasteiger partial charge in [0, 0.05) is 12.3 Å². The Labute approximate surface area is 262 Å². The molecule has 0 fully saturated rings. The van der Waals surface area contributed by atoms with Gasteiger partial charge in [0.25, 0.3) is 0 Å². The van der Waals surface area contributed by atoms with Gasteiger partial charge in [-0.15, -0.1) is 6.42 Å². The maximum Gasteiger partial charge on any atom is 1.00 e. The molecule has 0 aliphatic heterocycles. The number of carbonyl (C=O) groups excluding carboxylic acids is 2. The van der Waals surface area contributed by atoms with E-state index in [1.165, 1.54) is 0 Å². The van der Waals surface area contributed by atoms with Crippen LogP contribution in [0, 0.1) is 83.4 Å². The molecule has 0 heterocycles. The van der Waals surface area contributed by atoms with Crippen molar-refractivity contribution in [2.75, 3.05) is 13.2 Å². The first-order chi connectivity index (χ1) is 16.8. The van der Waals surface area contributed by atoms with Crippen molar-refractivity contribution >= 4 is 19.8 Å². The maximum absolute atomic E-state index is 11.9. The molecule has 0 aromatic carbocycles. The molecule has 0 bridgehead atoms. The summed E-state index contributed by atoms with van der Waals surface area (Å²) in [7, 11) is -5.31. The number of terminal acetylenes is 1. The summed E-state index contributed by atoms with van der Waals surface area (Å²) in [5.41, 5.74) is 0. The van der Waals surface area contributed by atoms with Crippen LogP contribution in [0.3, 0.4) is 0 Å². The first-order valence-electron chi connectivity index (χ1n) is 10.3. The molecule has 0 aliphatic rings. The van der Waals surface area contributed by atoms with E-state index in [2.05, 4.69) is 82.5 Å². The fourth-order valence-electron chi connectivity index (χ4n) is 2.01. The van der Waals surface area contributed by atoms with Crippen LogP contribution in [0.1, 0.15) is 45.4 Å². The molecule has 37 heavy (non-hydrogen) atoms. The first-order valence-corrected chi connectivity index (χ1v) is 11.7. The van der Waals surface area contributed by atoms with Gasteiger partial charge in [0.2, 0.25) is 0 Å². The predicted molar refractivity (Wildman–Crippen MR) is 123 cm³/mol. The Morgan fingerprint density at radius 2 is 1.32 bits per heavy atom. The molecule has 180 valence electrons. The van der Waals surface area contributed by atoms with E-state index in [-0.39, 0.29) is 65.5 Å². The fourth-order valence-corrected chi connectivity index (χ4v) is 2.36. The smallest absolute Gasteiger partial charge is 0.790 e. The molecule has 1 atom stereocenters. The second-order valence-corrected chi connectivity index (χ2v) is 7.41. The van der Waals surface area contributed by atoms with Crippen molar-refractivity contribution in [1.82, 2.24) is 0 Å². The van der Waals surface area contributed by atoms with Crippen LogP contribution in [-0.4, -0.2) is 31.3 Å². The van der Waals surface area contributed by atoms with E-state index in [0.717, 1.165) is 25.7 Å². The summed E-state index contributed by atoms with van der Waals surface area (Å²) in [6.45, 7) is 0.708. The van der Waals surface area contributed by atoms with Gasteiger partial charge in [0.05, 0.1) is 14.4 Å². The van der Waals surface area contributed by atoms with Crippen LogP contribution in [-0.2, 0) is 28.2 Å².